The van der Waals surface area contributed by atoms with Crippen molar-refractivity contribution in [1.82, 2.24) is 10.2 Å². The number of rotatable bonds is 3. The van der Waals surface area contributed by atoms with Crippen LogP contribution >= 0.6 is 24.8 Å². The lowest BCUT2D eigenvalue weighted by atomic mass is 9.96. The van der Waals surface area contributed by atoms with Crippen LogP contribution in [0.2, 0.25) is 0 Å². The Morgan fingerprint density at radius 3 is 2.35 bits per heavy atom. The van der Waals surface area contributed by atoms with Crippen LogP contribution in [0.1, 0.15) is 23.6 Å². The van der Waals surface area contributed by atoms with E-state index in [4.69, 9.17) is 5.26 Å². The molecule has 0 bridgehead atoms. The summed E-state index contributed by atoms with van der Waals surface area (Å²) >= 11 is 0. The van der Waals surface area contributed by atoms with Gasteiger partial charge in [-0.25, -0.2) is 4.39 Å². The van der Waals surface area contributed by atoms with E-state index in [9.17, 15) is 17.6 Å². The van der Waals surface area contributed by atoms with Crippen LogP contribution in [0.25, 0.3) is 0 Å². The zero-order valence-electron chi connectivity index (χ0n) is 12.1. The highest BCUT2D eigenvalue weighted by Crippen LogP contribution is 2.38. The highest BCUT2D eigenvalue weighted by molar-refractivity contribution is 5.85. The molecule has 3 nitrogen and oxygen atoms in total. The topological polar surface area (TPSA) is 39.1 Å². The fourth-order valence-corrected chi connectivity index (χ4v) is 2.58. The Morgan fingerprint density at radius 1 is 1.22 bits per heavy atom. The first kappa shape index (κ1) is 21.9. The predicted molar refractivity (Wildman–Crippen MR) is 83.3 cm³/mol. The van der Waals surface area contributed by atoms with Gasteiger partial charge in [-0.2, -0.15) is 18.4 Å². The average molecular weight is 374 g/mol. The zero-order chi connectivity index (χ0) is 15.5. The molecule has 0 saturated carbocycles. The van der Waals surface area contributed by atoms with E-state index in [1.165, 1.54) is 0 Å². The summed E-state index contributed by atoms with van der Waals surface area (Å²) in [4.78, 5) is 1.84. The van der Waals surface area contributed by atoms with Crippen LogP contribution < -0.4 is 5.32 Å². The summed E-state index contributed by atoms with van der Waals surface area (Å²) in [6, 6.07) is 3.92. The van der Waals surface area contributed by atoms with Crippen LogP contribution in [0, 0.1) is 17.1 Å². The largest absolute Gasteiger partial charge is 0.416 e. The number of nitrogens with one attached hydrogen (secondary N) is 1. The Kier molecular flexibility index (Phi) is 8.85. The number of piperazine rings is 1. The summed E-state index contributed by atoms with van der Waals surface area (Å²) in [5, 5.41) is 12.0. The predicted octanol–water partition coefficient (Wildman–Crippen LogP) is 3.55. The van der Waals surface area contributed by atoms with E-state index < -0.39 is 23.6 Å². The van der Waals surface area contributed by atoms with Crippen LogP contribution in [0.3, 0.4) is 0 Å². The lowest BCUT2D eigenvalue weighted by molar-refractivity contribution is -0.139. The quantitative estimate of drug-likeness (QED) is 0.823. The molecule has 23 heavy (non-hydrogen) atoms. The number of halogens is 6. The minimum absolute atomic E-state index is 0. The first-order valence-corrected chi connectivity index (χ1v) is 6.62. The SMILES string of the molecule is Cl.Cl.N#CC[C@H](c1ccc(F)cc1C(F)(F)F)N1CCNCC1. The second-order valence-electron chi connectivity index (χ2n) is 4.89. The van der Waals surface area contributed by atoms with Gasteiger partial charge in [-0.1, -0.05) is 6.07 Å². The van der Waals surface area contributed by atoms with E-state index in [2.05, 4.69) is 5.32 Å². The first-order chi connectivity index (χ1) is 9.93. The lowest BCUT2D eigenvalue weighted by Gasteiger charge is -2.35. The third-order valence-electron chi connectivity index (χ3n) is 3.56. The summed E-state index contributed by atoms with van der Waals surface area (Å²) in [5.41, 5.74) is -1.03. The Labute approximate surface area is 144 Å². The molecular formula is C14H17Cl2F4N3. The Hall–Kier alpha value is -1.07. The van der Waals surface area contributed by atoms with E-state index in [0.29, 0.717) is 32.2 Å². The minimum Gasteiger partial charge on any atom is -0.314 e. The molecule has 1 fully saturated rings. The number of nitriles is 1. The Morgan fingerprint density at radius 2 is 1.83 bits per heavy atom. The van der Waals surface area contributed by atoms with Gasteiger partial charge in [0.2, 0.25) is 0 Å². The normalized spacial score (nSPS) is 16.7. The van der Waals surface area contributed by atoms with E-state index in [-0.39, 0.29) is 36.8 Å². The molecule has 0 aliphatic carbocycles. The third-order valence-corrected chi connectivity index (χ3v) is 3.56. The molecule has 1 atom stereocenters. The lowest BCUT2D eigenvalue weighted by Crippen LogP contribution is -2.45. The van der Waals surface area contributed by atoms with Gasteiger partial charge < -0.3 is 5.32 Å². The molecule has 1 aromatic rings. The van der Waals surface area contributed by atoms with E-state index >= 15 is 0 Å². The van der Waals surface area contributed by atoms with Crippen molar-refractivity contribution in [3.8, 4) is 6.07 Å². The summed E-state index contributed by atoms with van der Waals surface area (Å²) in [5.74, 6) is -0.929. The zero-order valence-corrected chi connectivity index (χ0v) is 13.7. The van der Waals surface area contributed by atoms with Crippen LogP contribution in [-0.4, -0.2) is 31.1 Å². The molecule has 0 aromatic heterocycles. The minimum atomic E-state index is -4.64. The van der Waals surface area contributed by atoms with Crippen LogP contribution in [0.5, 0.6) is 0 Å². The van der Waals surface area contributed by atoms with Gasteiger partial charge in [0, 0.05) is 32.2 Å². The maximum Gasteiger partial charge on any atom is 0.416 e. The molecule has 1 heterocycles. The molecular weight excluding hydrogens is 357 g/mol. The van der Waals surface area contributed by atoms with Crippen molar-refractivity contribution in [1.29, 1.82) is 5.26 Å². The van der Waals surface area contributed by atoms with E-state index in [1.54, 1.807) is 0 Å². The number of alkyl halides is 3. The van der Waals surface area contributed by atoms with Crippen molar-refractivity contribution in [3.63, 3.8) is 0 Å². The second kappa shape index (κ2) is 9.28. The van der Waals surface area contributed by atoms with Crippen LogP contribution in [-0.2, 0) is 6.18 Å². The number of nitrogens with zero attached hydrogens (tertiary/aromatic N) is 2. The first-order valence-electron chi connectivity index (χ1n) is 6.62. The highest BCUT2D eigenvalue weighted by Gasteiger charge is 2.37. The summed E-state index contributed by atoms with van der Waals surface area (Å²) in [7, 11) is 0. The molecule has 130 valence electrons. The molecule has 1 N–H and O–H groups in total. The molecule has 9 heteroatoms. The smallest absolute Gasteiger partial charge is 0.314 e. The molecule has 0 radical (unpaired) electrons. The maximum atomic E-state index is 13.2. The van der Waals surface area contributed by atoms with Gasteiger partial charge in [0.1, 0.15) is 5.82 Å². The molecule has 1 aliphatic heterocycles. The van der Waals surface area contributed by atoms with Crippen molar-refractivity contribution < 1.29 is 17.6 Å². The summed E-state index contributed by atoms with van der Waals surface area (Å²) in [6.07, 6.45) is -4.70. The monoisotopic (exact) mass is 373 g/mol. The maximum absolute atomic E-state index is 13.2. The average Bonchev–Trinajstić information content (AvgIpc) is 2.45. The van der Waals surface area contributed by atoms with Gasteiger partial charge >= 0.3 is 6.18 Å². The van der Waals surface area contributed by atoms with Crippen molar-refractivity contribution >= 4 is 24.8 Å². The van der Waals surface area contributed by atoms with Gasteiger partial charge in [-0.15, -0.1) is 24.8 Å². The fraction of sp³-hybridized carbons (Fsp3) is 0.500. The third kappa shape index (κ3) is 5.50. The van der Waals surface area contributed by atoms with Gasteiger partial charge in [-0.3, -0.25) is 4.90 Å². The number of hydrogen-bond donors (Lipinski definition) is 1. The molecule has 1 aliphatic rings. The Balaban J connectivity index is 0.00000242. The molecule has 1 saturated heterocycles. The standard InChI is InChI=1S/C14H15F4N3.2ClH/c15-10-1-2-11(12(9-10)14(16,17)18)13(3-4-19)21-7-5-20-6-8-21;;/h1-2,9,13,20H,3,5-8H2;2*1H/t13-;;/m1../s1. The van der Waals surface area contributed by atoms with E-state index in [0.717, 1.165) is 12.1 Å². The molecule has 0 spiro atoms. The molecule has 2 rings (SSSR count). The van der Waals surface area contributed by atoms with E-state index in [1.807, 2.05) is 11.0 Å². The van der Waals surface area contributed by atoms with Crippen molar-refractivity contribution in [2.24, 2.45) is 0 Å². The van der Waals surface area contributed by atoms with Gasteiger partial charge in [0.05, 0.1) is 18.1 Å². The molecule has 1 aromatic carbocycles. The number of hydrogen-bond acceptors (Lipinski definition) is 3. The highest BCUT2D eigenvalue weighted by atomic mass is 35.5. The van der Waals surface area contributed by atoms with Crippen molar-refractivity contribution in [2.45, 2.75) is 18.6 Å². The molecule has 0 unspecified atom stereocenters. The number of benzene rings is 1. The molecule has 0 amide bonds. The van der Waals surface area contributed by atoms with Crippen molar-refractivity contribution in [2.75, 3.05) is 26.2 Å². The van der Waals surface area contributed by atoms with Crippen LogP contribution in [0.15, 0.2) is 18.2 Å². The van der Waals surface area contributed by atoms with Gasteiger partial charge in [-0.05, 0) is 17.7 Å². The summed E-state index contributed by atoms with van der Waals surface area (Å²) in [6.45, 7) is 2.43. The van der Waals surface area contributed by atoms with Crippen LogP contribution in [0.4, 0.5) is 17.6 Å². The Bertz CT molecular complexity index is 540. The van der Waals surface area contributed by atoms with Gasteiger partial charge in [0.25, 0.3) is 0 Å². The van der Waals surface area contributed by atoms with Gasteiger partial charge in [0.15, 0.2) is 0 Å². The summed E-state index contributed by atoms with van der Waals surface area (Å²) < 4.78 is 52.5. The van der Waals surface area contributed by atoms with Crippen molar-refractivity contribution in [3.05, 3.63) is 35.1 Å². The second-order valence-corrected chi connectivity index (χ2v) is 4.89. The fourth-order valence-electron chi connectivity index (χ4n) is 2.58.